The maximum Gasteiger partial charge on any atom is 0.253 e. The van der Waals surface area contributed by atoms with Crippen molar-refractivity contribution in [1.82, 2.24) is 15.5 Å². The summed E-state index contributed by atoms with van der Waals surface area (Å²) >= 11 is 6.15. The number of benzene rings is 4. The number of phenols is 1. The third-order valence-corrected chi connectivity index (χ3v) is 7.79. The fourth-order valence-corrected chi connectivity index (χ4v) is 5.52. The summed E-state index contributed by atoms with van der Waals surface area (Å²) in [5.74, 6) is 0.335. The third kappa shape index (κ3) is 6.92. The second-order valence-corrected chi connectivity index (χ2v) is 10.7. The molecule has 5 nitrogen and oxygen atoms in total. The number of halogens is 1. The zero-order valence-electron chi connectivity index (χ0n) is 22.6. The average molecular weight is 554 g/mol. The van der Waals surface area contributed by atoms with Gasteiger partial charge >= 0.3 is 0 Å². The molecule has 4 aromatic rings. The van der Waals surface area contributed by atoms with Crippen LogP contribution in [0.15, 0.2) is 103 Å². The first-order valence-electron chi connectivity index (χ1n) is 14.0. The maximum absolute atomic E-state index is 13.0. The molecular formula is C34H36ClN3O2. The van der Waals surface area contributed by atoms with Crippen molar-refractivity contribution in [3.8, 4) is 5.75 Å². The highest BCUT2D eigenvalue weighted by molar-refractivity contribution is 6.30. The molecule has 1 aliphatic rings. The monoisotopic (exact) mass is 553 g/mol. The smallest absolute Gasteiger partial charge is 0.253 e. The molecule has 5 rings (SSSR count). The van der Waals surface area contributed by atoms with Gasteiger partial charge in [0.05, 0.1) is 12.1 Å². The minimum atomic E-state index is -0.229. The van der Waals surface area contributed by atoms with Gasteiger partial charge in [-0.2, -0.15) is 0 Å². The number of rotatable bonds is 10. The predicted octanol–water partition coefficient (Wildman–Crippen LogP) is 6.73. The van der Waals surface area contributed by atoms with Crippen LogP contribution in [0.5, 0.6) is 5.75 Å². The van der Waals surface area contributed by atoms with Crippen molar-refractivity contribution >= 4 is 17.5 Å². The second-order valence-electron chi connectivity index (χ2n) is 10.3. The molecule has 1 saturated heterocycles. The van der Waals surface area contributed by atoms with Gasteiger partial charge in [-0.05, 0) is 66.3 Å². The first-order valence-corrected chi connectivity index (χ1v) is 14.4. The number of piperidine rings is 1. The topological polar surface area (TPSA) is 64.6 Å². The predicted molar refractivity (Wildman–Crippen MR) is 162 cm³/mol. The fourth-order valence-electron chi connectivity index (χ4n) is 5.40. The number of carbonyl (C=O) groups excluding carboxylic acids is 1. The highest BCUT2D eigenvalue weighted by Crippen LogP contribution is 2.30. The summed E-state index contributed by atoms with van der Waals surface area (Å²) in [6.07, 6.45) is 3.33. The van der Waals surface area contributed by atoms with E-state index in [0.717, 1.165) is 42.6 Å². The largest absolute Gasteiger partial charge is 0.508 e. The molecule has 0 aromatic heterocycles. The molecule has 1 fully saturated rings. The number of nitrogens with zero attached hydrogens (tertiary/aromatic N) is 1. The number of nitrogens with one attached hydrogen (secondary N) is 2. The first kappa shape index (κ1) is 27.9. The lowest BCUT2D eigenvalue weighted by atomic mass is 9.96. The summed E-state index contributed by atoms with van der Waals surface area (Å²) in [5.41, 5.74) is 4.82. The van der Waals surface area contributed by atoms with Crippen LogP contribution < -0.4 is 10.6 Å². The molecule has 0 radical (unpaired) electrons. The molecular weight excluding hydrogens is 518 g/mol. The van der Waals surface area contributed by atoms with Gasteiger partial charge in [0.2, 0.25) is 0 Å². The molecule has 1 heterocycles. The molecule has 2 unspecified atom stereocenters. The third-order valence-electron chi connectivity index (χ3n) is 7.54. The zero-order chi connectivity index (χ0) is 27.7. The summed E-state index contributed by atoms with van der Waals surface area (Å²) in [6.45, 7) is 3.01. The number of para-hydroxylation sites is 1. The van der Waals surface area contributed by atoms with Crippen LogP contribution in [0, 0.1) is 0 Å². The van der Waals surface area contributed by atoms with E-state index in [9.17, 15) is 9.90 Å². The van der Waals surface area contributed by atoms with Crippen molar-refractivity contribution < 1.29 is 9.90 Å². The van der Waals surface area contributed by atoms with Crippen LogP contribution in [-0.4, -0.2) is 42.1 Å². The Morgan fingerprint density at radius 1 is 0.700 bits per heavy atom. The summed E-state index contributed by atoms with van der Waals surface area (Å²) in [5, 5.41) is 18.7. The molecule has 6 heteroatoms. The number of amides is 1. The Labute approximate surface area is 241 Å². The van der Waals surface area contributed by atoms with Gasteiger partial charge in [-0.15, -0.1) is 0 Å². The lowest BCUT2D eigenvalue weighted by Gasteiger charge is -2.27. The quantitative estimate of drug-likeness (QED) is 0.190. The molecule has 1 amide bonds. The molecule has 0 bridgehead atoms. The van der Waals surface area contributed by atoms with E-state index >= 15 is 0 Å². The number of hydrogen-bond donors (Lipinski definition) is 3. The van der Waals surface area contributed by atoms with Gasteiger partial charge < -0.3 is 20.6 Å². The van der Waals surface area contributed by atoms with Crippen LogP contribution in [0.3, 0.4) is 0 Å². The lowest BCUT2D eigenvalue weighted by molar-refractivity contribution is 0.0724. The second kappa shape index (κ2) is 13.6. The number of carbonyl (C=O) groups is 1. The van der Waals surface area contributed by atoms with Gasteiger partial charge in [0, 0.05) is 42.3 Å². The SMILES string of the molecule is O=C(c1ccc(C(NCCNC(c2ccccc2)c2ccc(Cl)cc2)c2ccccc2O)cc1)N1CCCCC1. The molecule has 0 spiro atoms. The highest BCUT2D eigenvalue weighted by atomic mass is 35.5. The molecule has 206 valence electrons. The van der Waals surface area contributed by atoms with Gasteiger partial charge in [-0.3, -0.25) is 4.79 Å². The Hall–Kier alpha value is -3.64. The molecule has 3 N–H and O–H groups in total. The van der Waals surface area contributed by atoms with Crippen molar-refractivity contribution in [3.05, 3.63) is 136 Å². The number of hydrogen-bond acceptors (Lipinski definition) is 4. The van der Waals surface area contributed by atoms with Gasteiger partial charge in [0.15, 0.2) is 0 Å². The molecule has 0 saturated carbocycles. The Kier molecular flexibility index (Phi) is 9.50. The van der Waals surface area contributed by atoms with Crippen molar-refractivity contribution in [3.63, 3.8) is 0 Å². The van der Waals surface area contributed by atoms with E-state index in [0.29, 0.717) is 23.7 Å². The van der Waals surface area contributed by atoms with E-state index in [1.807, 2.05) is 77.7 Å². The molecule has 0 aliphatic carbocycles. The van der Waals surface area contributed by atoms with Crippen molar-refractivity contribution in [2.24, 2.45) is 0 Å². The Bertz CT molecular complexity index is 1370. The molecule has 1 aliphatic heterocycles. The van der Waals surface area contributed by atoms with Gasteiger partial charge in [0.25, 0.3) is 5.91 Å². The number of likely N-dealkylation sites (tertiary alicyclic amines) is 1. The minimum absolute atomic E-state index is 0.0175. The van der Waals surface area contributed by atoms with Crippen molar-refractivity contribution in [2.45, 2.75) is 31.3 Å². The molecule has 40 heavy (non-hydrogen) atoms. The summed E-state index contributed by atoms with van der Waals surface area (Å²) in [7, 11) is 0. The summed E-state index contributed by atoms with van der Waals surface area (Å²) < 4.78 is 0. The standard InChI is InChI=1S/C34H36ClN3O2/c35-29-19-17-26(18-20-29)32(25-9-3-1-4-10-25)36-21-22-37-33(30-11-5-6-12-31(30)39)27-13-15-28(16-14-27)34(40)38-23-7-2-8-24-38/h1,3-6,9-20,32-33,36-37,39H,2,7-8,21-24H2. The summed E-state index contributed by atoms with van der Waals surface area (Å²) in [4.78, 5) is 14.9. The van der Waals surface area contributed by atoms with Crippen molar-refractivity contribution in [2.75, 3.05) is 26.2 Å². The van der Waals surface area contributed by atoms with Crippen LogP contribution in [0.25, 0.3) is 0 Å². The Balaban J connectivity index is 1.30. The zero-order valence-corrected chi connectivity index (χ0v) is 23.4. The van der Waals surface area contributed by atoms with Crippen LogP contribution in [0.1, 0.15) is 64.0 Å². The van der Waals surface area contributed by atoms with Crippen molar-refractivity contribution in [1.29, 1.82) is 0 Å². The number of phenolic OH excluding ortho intramolecular Hbond substituents is 1. The molecule has 2 atom stereocenters. The van der Waals surface area contributed by atoms with Gasteiger partial charge in [0.1, 0.15) is 5.75 Å². The minimum Gasteiger partial charge on any atom is -0.508 e. The van der Waals surface area contributed by atoms with Crippen LogP contribution in [0.2, 0.25) is 5.02 Å². The van der Waals surface area contributed by atoms with Crippen LogP contribution >= 0.6 is 11.6 Å². The van der Waals surface area contributed by atoms with E-state index in [1.165, 1.54) is 12.0 Å². The van der Waals surface area contributed by atoms with E-state index < -0.39 is 0 Å². The molecule has 4 aromatic carbocycles. The Morgan fingerprint density at radius 3 is 1.93 bits per heavy atom. The average Bonchev–Trinajstić information content (AvgIpc) is 3.01. The van der Waals surface area contributed by atoms with Crippen LogP contribution in [-0.2, 0) is 0 Å². The fraction of sp³-hybridized carbons (Fsp3) is 0.265. The van der Waals surface area contributed by atoms with Gasteiger partial charge in [-0.25, -0.2) is 0 Å². The van der Waals surface area contributed by atoms with E-state index in [4.69, 9.17) is 11.6 Å². The van der Waals surface area contributed by atoms with Gasteiger partial charge in [-0.1, -0.05) is 84.4 Å². The lowest BCUT2D eigenvalue weighted by Crippen LogP contribution is -2.35. The van der Waals surface area contributed by atoms with E-state index in [-0.39, 0.29) is 23.7 Å². The van der Waals surface area contributed by atoms with E-state index in [1.54, 1.807) is 6.07 Å². The normalized spacial score (nSPS) is 15.0. The maximum atomic E-state index is 13.0. The number of aromatic hydroxyl groups is 1. The Morgan fingerprint density at radius 2 is 1.25 bits per heavy atom. The highest BCUT2D eigenvalue weighted by Gasteiger charge is 2.21. The van der Waals surface area contributed by atoms with E-state index in [2.05, 4.69) is 34.9 Å². The van der Waals surface area contributed by atoms with Crippen LogP contribution in [0.4, 0.5) is 0 Å². The summed E-state index contributed by atoms with van der Waals surface area (Å²) in [6, 6.07) is 33.3. The first-order chi connectivity index (χ1) is 19.6.